The second kappa shape index (κ2) is 17.3. The van der Waals surface area contributed by atoms with E-state index in [-0.39, 0.29) is 50.9 Å². The van der Waals surface area contributed by atoms with Gasteiger partial charge >= 0.3 is 0 Å². The SMILES string of the molecule is CCCCn1c(O)c(N=Nc2cc(C)[nH]n2)c(C)c(C#N)c1=O.[C-]#[N+]c1c(C)c(N=Nc2cc(C)[nH]n2)c(O)n(CCCC)c1=O.[Ni]. The molecule has 4 rings (SSSR count). The van der Waals surface area contributed by atoms with Crippen molar-refractivity contribution < 1.29 is 26.7 Å². The molecule has 4 N–H and O–H groups in total. The Kier molecular flexibility index (Phi) is 13.9. The summed E-state index contributed by atoms with van der Waals surface area (Å²) in [4.78, 5) is 27.8. The molecule has 0 saturated heterocycles. The van der Waals surface area contributed by atoms with Gasteiger partial charge in [0, 0.05) is 58.7 Å². The molecule has 17 heteroatoms. The largest absolute Gasteiger partial charge is 0.493 e. The third-order valence-electron chi connectivity index (χ3n) is 6.87. The third-order valence-corrected chi connectivity index (χ3v) is 6.87. The minimum absolute atomic E-state index is 0. The van der Waals surface area contributed by atoms with Gasteiger partial charge in [0.15, 0.2) is 17.3 Å². The average Bonchev–Trinajstić information content (AvgIpc) is 3.64. The van der Waals surface area contributed by atoms with E-state index in [1.54, 1.807) is 26.0 Å². The number of aryl methyl sites for hydroxylation is 2. The van der Waals surface area contributed by atoms with E-state index in [9.17, 15) is 25.1 Å². The Morgan fingerprint density at radius 2 is 1.28 bits per heavy atom. The maximum Gasteiger partial charge on any atom is 0.271 e. The average molecular weight is 687 g/mol. The molecule has 0 spiro atoms. The molecule has 0 aliphatic heterocycles. The predicted molar refractivity (Wildman–Crippen MR) is 170 cm³/mol. The van der Waals surface area contributed by atoms with Gasteiger partial charge in [0.25, 0.3) is 16.8 Å². The van der Waals surface area contributed by atoms with Crippen molar-refractivity contribution in [3.05, 3.63) is 72.3 Å². The molecular weight excluding hydrogens is 651 g/mol. The van der Waals surface area contributed by atoms with Gasteiger partial charge < -0.3 is 10.2 Å². The maximum absolute atomic E-state index is 12.3. The van der Waals surface area contributed by atoms with E-state index in [4.69, 9.17) is 6.57 Å². The van der Waals surface area contributed by atoms with Crippen LogP contribution in [0.25, 0.3) is 4.85 Å². The second-order valence-electron chi connectivity index (χ2n) is 10.4. The van der Waals surface area contributed by atoms with Crippen LogP contribution in [0.3, 0.4) is 0 Å². The molecule has 0 amide bonds. The van der Waals surface area contributed by atoms with Crippen LogP contribution < -0.4 is 11.1 Å². The molecule has 0 fully saturated rings. The number of aromatic amines is 2. The second-order valence-corrected chi connectivity index (χ2v) is 10.4. The summed E-state index contributed by atoms with van der Waals surface area (Å²) in [5.41, 5.74) is 1.40. The summed E-state index contributed by atoms with van der Waals surface area (Å²) in [6.45, 7) is 18.6. The number of hydrogen-bond donors (Lipinski definition) is 4. The minimum atomic E-state index is -0.509. The van der Waals surface area contributed by atoms with Crippen molar-refractivity contribution in [2.24, 2.45) is 20.5 Å². The summed E-state index contributed by atoms with van der Waals surface area (Å²) in [5, 5.41) is 59.1. The minimum Gasteiger partial charge on any atom is -0.493 e. The number of aromatic hydroxyl groups is 2. The van der Waals surface area contributed by atoms with Crippen LogP contribution in [0, 0.1) is 45.6 Å². The molecule has 0 radical (unpaired) electrons. The van der Waals surface area contributed by atoms with Crippen LogP contribution in [0.2, 0.25) is 0 Å². The van der Waals surface area contributed by atoms with Crippen LogP contribution in [-0.4, -0.2) is 39.7 Å². The van der Waals surface area contributed by atoms with Gasteiger partial charge in [-0.15, -0.1) is 20.5 Å². The monoisotopic (exact) mass is 686 g/mol. The Balaban J connectivity index is 0.000000320. The molecule has 0 unspecified atom stereocenters. The van der Waals surface area contributed by atoms with Gasteiger partial charge in [0.05, 0.1) is 6.57 Å². The molecule has 0 aliphatic carbocycles. The number of nitriles is 1. The molecule has 47 heavy (non-hydrogen) atoms. The molecule has 0 bridgehead atoms. The van der Waals surface area contributed by atoms with Crippen molar-refractivity contribution in [2.75, 3.05) is 0 Å². The zero-order valence-corrected chi connectivity index (χ0v) is 27.9. The van der Waals surface area contributed by atoms with E-state index in [0.29, 0.717) is 48.7 Å². The summed E-state index contributed by atoms with van der Waals surface area (Å²) >= 11 is 0. The summed E-state index contributed by atoms with van der Waals surface area (Å²) in [6.07, 6.45) is 3.13. The zero-order chi connectivity index (χ0) is 34.0. The Hall–Kier alpha value is -5.41. The Morgan fingerprint density at radius 3 is 1.66 bits per heavy atom. The van der Waals surface area contributed by atoms with Crippen LogP contribution in [0.15, 0.2) is 42.2 Å². The number of hydrogen-bond acceptors (Lipinski definition) is 11. The number of nitrogens with one attached hydrogen (secondary N) is 2. The van der Waals surface area contributed by atoms with Crippen molar-refractivity contribution in [1.82, 2.24) is 29.5 Å². The maximum atomic E-state index is 12.3. The normalized spacial score (nSPS) is 10.8. The van der Waals surface area contributed by atoms with Gasteiger partial charge in [-0.05, 0) is 46.1 Å². The molecule has 16 nitrogen and oxygen atoms in total. The van der Waals surface area contributed by atoms with Crippen molar-refractivity contribution in [1.29, 1.82) is 5.26 Å². The number of pyridine rings is 2. The first-order valence-corrected chi connectivity index (χ1v) is 14.6. The zero-order valence-electron chi connectivity index (χ0n) is 26.9. The van der Waals surface area contributed by atoms with Crippen molar-refractivity contribution >= 4 is 28.7 Å². The molecular formula is C30H36N12NiO4. The molecule has 0 atom stereocenters. The van der Waals surface area contributed by atoms with E-state index < -0.39 is 11.1 Å². The summed E-state index contributed by atoms with van der Waals surface area (Å²) in [7, 11) is 0. The van der Waals surface area contributed by atoms with Crippen LogP contribution in [-0.2, 0) is 29.6 Å². The van der Waals surface area contributed by atoms with Crippen LogP contribution >= 0.6 is 0 Å². The van der Waals surface area contributed by atoms with Gasteiger partial charge in [-0.3, -0.25) is 28.9 Å². The van der Waals surface area contributed by atoms with E-state index in [1.165, 1.54) is 9.13 Å². The van der Waals surface area contributed by atoms with Gasteiger partial charge in [-0.25, -0.2) is 4.85 Å². The van der Waals surface area contributed by atoms with Gasteiger partial charge in [0.2, 0.25) is 11.8 Å². The number of unbranched alkanes of at least 4 members (excludes halogenated alkanes) is 2. The fourth-order valence-electron chi connectivity index (χ4n) is 4.26. The molecule has 250 valence electrons. The van der Waals surface area contributed by atoms with E-state index in [2.05, 4.69) is 45.7 Å². The topological polar surface area (TPSA) is 219 Å². The number of azo groups is 2. The molecule has 4 aromatic rings. The van der Waals surface area contributed by atoms with E-state index in [0.717, 1.165) is 24.2 Å². The number of nitrogens with zero attached hydrogens (tertiary/aromatic N) is 10. The Bertz CT molecular complexity index is 1830. The van der Waals surface area contributed by atoms with Crippen LogP contribution in [0.1, 0.15) is 67.6 Å². The van der Waals surface area contributed by atoms with Crippen LogP contribution in [0.4, 0.5) is 28.7 Å². The van der Waals surface area contributed by atoms with Crippen LogP contribution in [0.5, 0.6) is 11.8 Å². The molecule has 0 saturated carbocycles. The van der Waals surface area contributed by atoms with Crippen molar-refractivity contribution in [3.63, 3.8) is 0 Å². The quantitative estimate of drug-likeness (QED) is 0.0808. The van der Waals surface area contributed by atoms with Gasteiger partial charge in [-0.1, -0.05) is 26.7 Å². The first kappa shape index (κ1) is 37.8. The van der Waals surface area contributed by atoms with E-state index >= 15 is 0 Å². The third kappa shape index (κ3) is 8.86. The molecule has 0 aliphatic rings. The Labute approximate surface area is 280 Å². The van der Waals surface area contributed by atoms with Gasteiger partial charge in [0.1, 0.15) is 17.3 Å². The smallest absolute Gasteiger partial charge is 0.271 e. The summed E-state index contributed by atoms with van der Waals surface area (Å²) in [5.74, 6) is 0.156. The fourth-order valence-corrected chi connectivity index (χ4v) is 4.26. The fraction of sp³-hybridized carbons (Fsp3) is 0.400. The Morgan fingerprint density at radius 1 is 0.830 bits per heavy atom. The first-order chi connectivity index (χ1) is 22.0. The first-order valence-electron chi connectivity index (χ1n) is 14.6. The number of H-pyrrole nitrogens is 2. The summed E-state index contributed by atoms with van der Waals surface area (Å²) in [6, 6.07) is 5.26. The standard InChI is InChI=1S/2C15H18N6O2.Ni/c1-5-6-7-21-14(22)12(16-4)10(3)13(15(21)23)20-19-11-8-9(2)17-18-11;1-4-5-6-21-14(22)11(8-16)10(3)13(15(21)23)20-19-12-7-9(2)17-18-12;/h8,23H,5-7H2,1-3H3,(H,17,18);7,23H,4-6H2,1-3H3,(H,17,18);. The number of rotatable bonds is 10. The molecule has 4 aromatic heterocycles. The van der Waals surface area contributed by atoms with E-state index in [1.807, 2.05) is 33.8 Å². The predicted octanol–water partition coefficient (Wildman–Crippen LogP) is 6.64. The van der Waals surface area contributed by atoms with Crippen molar-refractivity contribution in [2.45, 2.75) is 80.3 Å². The summed E-state index contributed by atoms with van der Waals surface area (Å²) < 4.78 is 2.34. The van der Waals surface area contributed by atoms with Crippen molar-refractivity contribution in [3.8, 4) is 17.8 Å². The van der Waals surface area contributed by atoms with Gasteiger partial charge in [-0.2, -0.15) is 15.5 Å². The molecule has 4 heterocycles. The molecule has 0 aromatic carbocycles. The number of aromatic nitrogens is 6.